The summed E-state index contributed by atoms with van der Waals surface area (Å²) in [5, 5.41) is 27.3. The summed E-state index contributed by atoms with van der Waals surface area (Å²) >= 11 is 0. The van der Waals surface area contributed by atoms with Crippen molar-refractivity contribution in [3.63, 3.8) is 0 Å². The minimum absolute atomic E-state index is 0.0220. The summed E-state index contributed by atoms with van der Waals surface area (Å²) in [6.07, 6.45) is 0.470. The lowest BCUT2D eigenvalue weighted by Crippen LogP contribution is -2.17. The normalized spacial score (nSPS) is 10.4. The van der Waals surface area contributed by atoms with E-state index in [0.29, 0.717) is 24.3 Å². The average molecular weight is 309 g/mol. The first-order valence-corrected chi connectivity index (χ1v) is 6.94. The van der Waals surface area contributed by atoms with Gasteiger partial charge >= 0.3 is 0 Å². The molecule has 0 saturated carbocycles. The van der Waals surface area contributed by atoms with Gasteiger partial charge in [0.2, 0.25) is 0 Å². The number of nitriles is 1. The third kappa shape index (κ3) is 4.61. The van der Waals surface area contributed by atoms with Gasteiger partial charge in [-0.3, -0.25) is 10.1 Å². The molecule has 0 spiro atoms. The zero-order chi connectivity index (χ0) is 16.7. The van der Waals surface area contributed by atoms with E-state index in [1.165, 1.54) is 12.1 Å². The largest absolute Gasteiger partial charge is 0.374 e. The second kappa shape index (κ2) is 7.66. The lowest BCUT2D eigenvalue weighted by Gasteiger charge is -2.17. The number of benzene rings is 2. The molecule has 0 unspecified atom stereocenters. The Kier molecular flexibility index (Phi) is 5.36. The van der Waals surface area contributed by atoms with Gasteiger partial charge in [0.1, 0.15) is 0 Å². The van der Waals surface area contributed by atoms with E-state index in [-0.39, 0.29) is 5.69 Å². The molecule has 0 radical (unpaired) electrons. The Morgan fingerprint density at radius 2 is 1.61 bits per heavy atom. The van der Waals surface area contributed by atoms with Crippen LogP contribution < -0.4 is 4.90 Å². The summed E-state index contributed by atoms with van der Waals surface area (Å²) in [6.45, 7) is 0.667. The van der Waals surface area contributed by atoms with E-state index in [2.05, 4.69) is 16.3 Å². The van der Waals surface area contributed by atoms with Crippen molar-refractivity contribution in [1.29, 1.82) is 5.26 Å². The number of anilines is 1. The Morgan fingerprint density at radius 3 is 2.09 bits per heavy atom. The number of rotatable bonds is 6. The molecule has 0 aliphatic heterocycles. The van der Waals surface area contributed by atoms with Gasteiger partial charge in [0, 0.05) is 31.4 Å². The zero-order valence-corrected chi connectivity index (χ0v) is 12.6. The third-order valence-corrected chi connectivity index (χ3v) is 3.19. The van der Waals surface area contributed by atoms with Crippen LogP contribution in [-0.2, 0) is 0 Å². The van der Waals surface area contributed by atoms with Crippen LogP contribution in [0.5, 0.6) is 0 Å². The zero-order valence-electron chi connectivity index (χ0n) is 12.6. The highest BCUT2D eigenvalue weighted by atomic mass is 16.6. The predicted molar refractivity (Wildman–Crippen MR) is 87.2 cm³/mol. The first-order valence-electron chi connectivity index (χ1n) is 6.94. The molecule has 0 bridgehead atoms. The summed E-state index contributed by atoms with van der Waals surface area (Å²) < 4.78 is 0. The van der Waals surface area contributed by atoms with Gasteiger partial charge in [-0.25, -0.2) is 0 Å². The fourth-order valence-corrected chi connectivity index (χ4v) is 1.88. The number of hydrogen-bond donors (Lipinski definition) is 0. The summed E-state index contributed by atoms with van der Waals surface area (Å²) in [5.41, 5.74) is 2.25. The van der Waals surface area contributed by atoms with Crippen LogP contribution in [0.25, 0.3) is 0 Å². The van der Waals surface area contributed by atoms with E-state index in [1.54, 1.807) is 12.1 Å². The van der Waals surface area contributed by atoms with Crippen molar-refractivity contribution >= 4 is 22.7 Å². The maximum atomic E-state index is 10.6. The fourth-order valence-electron chi connectivity index (χ4n) is 1.88. The van der Waals surface area contributed by atoms with Crippen molar-refractivity contribution in [2.75, 3.05) is 18.5 Å². The van der Waals surface area contributed by atoms with Gasteiger partial charge < -0.3 is 4.90 Å². The van der Waals surface area contributed by atoms with E-state index < -0.39 is 4.92 Å². The maximum Gasteiger partial charge on any atom is 0.269 e. The molecule has 0 saturated heterocycles. The molecule has 23 heavy (non-hydrogen) atoms. The lowest BCUT2D eigenvalue weighted by molar-refractivity contribution is -0.384. The first-order chi connectivity index (χ1) is 11.1. The number of non-ortho nitro benzene ring substituents is 1. The Balaban J connectivity index is 2.02. The van der Waals surface area contributed by atoms with Gasteiger partial charge in [-0.05, 0) is 36.4 Å². The second-order valence-corrected chi connectivity index (χ2v) is 4.82. The highest BCUT2D eigenvalue weighted by Crippen LogP contribution is 2.23. The monoisotopic (exact) mass is 309 g/mol. The second-order valence-electron chi connectivity index (χ2n) is 4.82. The van der Waals surface area contributed by atoms with Crippen LogP contribution in [0.4, 0.5) is 22.7 Å². The molecule has 0 aliphatic rings. The van der Waals surface area contributed by atoms with Gasteiger partial charge in [-0.1, -0.05) is 0 Å². The number of nitrogens with zero attached hydrogens (tertiary/aromatic N) is 5. The SMILES string of the molecule is CN(CCC#N)c1ccc(/N=N/c2ccc([N+](=O)[O-])cc2)cc1. The molecule has 0 fully saturated rings. The summed E-state index contributed by atoms with van der Waals surface area (Å²) in [5.74, 6) is 0. The summed E-state index contributed by atoms with van der Waals surface area (Å²) in [6, 6.07) is 15.4. The quantitative estimate of drug-likeness (QED) is 0.450. The molecule has 7 nitrogen and oxygen atoms in total. The van der Waals surface area contributed by atoms with Crippen molar-refractivity contribution < 1.29 is 4.92 Å². The van der Waals surface area contributed by atoms with Gasteiger partial charge in [0.05, 0.1) is 28.8 Å². The molecule has 2 aromatic rings. The highest BCUT2D eigenvalue weighted by Gasteiger charge is 2.03. The number of hydrogen-bond acceptors (Lipinski definition) is 6. The Hall–Kier alpha value is -3.27. The van der Waals surface area contributed by atoms with Crippen LogP contribution >= 0.6 is 0 Å². The number of nitro groups is 1. The van der Waals surface area contributed by atoms with Crippen LogP contribution in [0.1, 0.15) is 6.42 Å². The van der Waals surface area contributed by atoms with Crippen LogP contribution in [0.2, 0.25) is 0 Å². The number of azo groups is 1. The van der Waals surface area contributed by atoms with Crippen LogP contribution in [0, 0.1) is 21.4 Å². The van der Waals surface area contributed by atoms with Crippen molar-refractivity contribution in [1.82, 2.24) is 0 Å². The van der Waals surface area contributed by atoms with Crippen LogP contribution in [-0.4, -0.2) is 18.5 Å². The van der Waals surface area contributed by atoms with Gasteiger partial charge in [-0.15, -0.1) is 0 Å². The molecule has 0 heterocycles. The van der Waals surface area contributed by atoms with Crippen molar-refractivity contribution in [2.24, 2.45) is 10.2 Å². The Bertz CT molecular complexity index is 733. The van der Waals surface area contributed by atoms with E-state index >= 15 is 0 Å². The Morgan fingerprint density at radius 1 is 1.09 bits per heavy atom. The van der Waals surface area contributed by atoms with Crippen LogP contribution in [0.3, 0.4) is 0 Å². The minimum atomic E-state index is -0.456. The predicted octanol–water partition coefficient (Wildman–Crippen LogP) is 4.36. The van der Waals surface area contributed by atoms with E-state index in [0.717, 1.165) is 5.69 Å². The standard InChI is InChI=1S/C16H15N5O2/c1-20(12-2-11-17)15-7-3-13(4-8-15)18-19-14-5-9-16(10-6-14)21(22)23/h3-10H,2,12H2,1H3/b19-18+. The maximum absolute atomic E-state index is 10.6. The molecule has 2 rings (SSSR count). The molecular formula is C16H15N5O2. The van der Waals surface area contributed by atoms with Crippen molar-refractivity contribution in [2.45, 2.75) is 6.42 Å². The lowest BCUT2D eigenvalue weighted by atomic mass is 10.2. The van der Waals surface area contributed by atoms with Gasteiger partial charge in [-0.2, -0.15) is 15.5 Å². The van der Waals surface area contributed by atoms with Crippen molar-refractivity contribution in [3.05, 3.63) is 58.6 Å². The first kappa shape index (κ1) is 16.1. The molecule has 116 valence electrons. The van der Waals surface area contributed by atoms with E-state index in [4.69, 9.17) is 5.26 Å². The summed E-state index contributed by atoms with van der Waals surface area (Å²) in [7, 11) is 1.92. The molecular weight excluding hydrogens is 294 g/mol. The third-order valence-electron chi connectivity index (χ3n) is 3.19. The molecule has 0 aromatic heterocycles. The molecule has 0 N–H and O–H groups in total. The van der Waals surface area contributed by atoms with E-state index in [1.807, 2.05) is 36.2 Å². The van der Waals surface area contributed by atoms with Crippen molar-refractivity contribution in [3.8, 4) is 6.07 Å². The highest BCUT2D eigenvalue weighted by molar-refractivity contribution is 5.52. The topological polar surface area (TPSA) is 94.9 Å². The van der Waals surface area contributed by atoms with E-state index in [9.17, 15) is 10.1 Å². The minimum Gasteiger partial charge on any atom is -0.374 e. The summed E-state index contributed by atoms with van der Waals surface area (Å²) in [4.78, 5) is 12.1. The molecule has 2 aromatic carbocycles. The van der Waals surface area contributed by atoms with Gasteiger partial charge in [0.15, 0.2) is 0 Å². The fraction of sp³-hybridized carbons (Fsp3) is 0.188. The average Bonchev–Trinajstić information content (AvgIpc) is 2.58. The van der Waals surface area contributed by atoms with Crippen LogP contribution in [0.15, 0.2) is 58.8 Å². The molecule has 0 aliphatic carbocycles. The number of nitro benzene ring substituents is 1. The Labute approximate surface area is 133 Å². The molecule has 0 atom stereocenters. The van der Waals surface area contributed by atoms with Gasteiger partial charge in [0.25, 0.3) is 5.69 Å². The smallest absolute Gasteiger partial charge is 0.269 e. The molecule has 0 amide bonds. The molecule has 7 heteroatoms.